The fraction of sp³-hybridized carbons (Fsp3) is 0.167. The Hall–Kier alpha value is -2.89. The number of hydrogen-bond acceptors (Lipinski definition) is 3. The number of halogens is 8. The summed E-state index contributed by atoms with van der Waals surface area (Å²) in [5, 5.41) is 9.24. The summed E-state index contributed by atoms with van der Waals surface area (Å²) in [4.78, 5) is 20.5. The molecule has 3 rings (SSSR count). The van der Waals surface area contributed by atoms with Gasteiger partial charge in [-0.25, -0.2) is 4.79 Å². The Bertz CT molecular complexity index is 1100. The van der Waals surface area contributed by atoms with E-state index in [4.69, 9.17) is 22.4 Å². The van der Waals surface area contributed by atoms with Gasteiger partial charge in [-0.15, -0.1) is 0 Å². The third kappa shape index (κ3) is 11.2. The number of carbonyl (C=O) groups is 2. The van der Waals surface area contributed by atoms with Gasteiger partial charge in [-0.2, -0.15) is 26.3 Å². The van der Waals surface area contributed by atoms with Gasteiger partial charge >= 0.3 is 18.3 Å². The van der Waals surface area contributed by atoms with Crippen molar-refractivity contribution in [2.75, 3.05) is 6.54 Å². The maximum Gasteiger partial charge on any atom is 0.416 e. The van der Waals surface area contributed by atoms with Crippen LogP contribution in [0, 0.1) is 0 Å². The van der Waals surface area contributed by atoms with Crippen molar-refractivity contribution in [3.8, 4) is 0 Å². The van der Waals surface area contributed by atoms with Gasteiger partial charge in [0.25, 0.3) is 0 Å². The molecule has 0 saturated heterocycles. The van der Waals surface area contributed by atoms with E-state index in [9.17, 15) is 35.9 Å². The van der Waals surface area contributed by atoms with Crippen LogP contribution in [0.4, 0.5) is 26.3 Å². The molecule has 3 aromatic carbocycles. The molecule has 3 N–H and O–H groups in total. The molecule has 0 bridgehead atoms. The first kappa shape index (κ1) is 31.1. The van der Waals surface area contributed by atoms with Crippen LogP contribution in [0.25, 0.3) is 0 Å². The van der Waals surface area contributed by atoms with Gasteiger partial charge in [-0.3, -0.25) is 4.79 Å². The summed E-state index contributed by atoms with van der Waals surface area (Å²) in [5.41, 5.74) is 3.26. The Morgan fingerprint density at radius 3 is 1.72 bits per heavy atom. The van der Waals surface area contributed by atoms with Crippen LogP contribution in [0.1, 0.15) is 37.4 Å². The number of carboxylic acid groups (broad SMARTS) is 1. The van der Waals surface area contributed by atoms with E-state index in [2.05, 4.69) is 15.9 Å². The van der Waals surface area contributed by atoms with E-state index < -0.39 is 35.0 Å². The van der Waals surface area contributed by atoms with Gasteiger partial charge in [-0.1, -0.05) is 39.7 Å². The Balaban J connectivity index is 0.000000282. The lowest BCUT2D eigenvalue weighted by Crippen LogP contribution is -2.11. The summed E-state index contributed by atoms with van der Waals surface area (Å²) in [6.45, 7) is 0.696. The van der Waals surface area contributed by atoms with E-state index in [1.54, 1.807) is 24.3 Å². The third-order valence-corrected chi connectivity index (χ3v) is 4.96. The van der Waals surface area contributed by atoms with Crippen LogP contribution in [-0.4, -0.2) is 23.9 Å². The Morgan fingerprint density at radius 2 is 1.36 bits per heavy atom. The SMILES string of the molecule is NCCc1ccc(Cl)cc1.O=C(O)c1ccc(Br)cc1.O=Cc1cc(C(F)(F)F)cc(C(F)(F)F)c1. The normalized spacial score (nSPS) is 10.9. The number of aromatic carboxylic acids is 1. The van der Waals surface area contributed by atoms with Crippen LogP contribution in [0.3, 0.4) is 0 Å². The summed E-state index contributed by atoms with van der Waals surface area (Å²) in [5.74, 6) is -0.896. The number of rotatable bonds is 4. The summed E-state index contributed by atoms with van der Waals surface area (Å²) in [6, 6.07) is 14.9. The molecular weight excluding hydrogens is 580 g/mol. The fourth-order valence-electron chi connectivity index (χ4n) is 2.46. The van der Waals surface area contributed by atoms with Crippen molar-refractivity contribution in [2.24, 2.45) is 5.73 Å². The lowest BCUT2D eigenvalue weighted by molar-refractivity contribution is -0.143. The zero-order valence-electron chi connectivity index (χ0n) is 18.2. The summed E-state index contributed by atoms with van der Waals surface area (Å²) >= 11 is 8.88. The molecule has 0 aliphatic rings. The number of benzene rings is 3. The predicted molar refractivity (Wildman–Crippen MR) is 127 cm³/mol. The predicted octanol–water partition coefficient (Wildman–Crippen LogP) is 7.53. The second-order valence-electron chi connectivity index (χ2n) is 6.93. The highest BCUT2D eigenvalue weighted by molar-refractivity contribution is 9.10. The first-order chi connectivity index (χ1) is 16.7. The van der Waals surface area contributed by atoms with Crippen molar-refractivity contribution in [2.45, 2.75) is 18.8 Å². The first-order valence-corrected chi connectivity index (χ1v) is 11.0. The molecule has 3 aromatic rings. The highest BCUT2D eigenvalue weighted by Gasteiger charge is 2.36. The van der Waals surface area contributed by atoms with Gasteiger partial charge in [0.05, 0.1) is 16.7 Å². The quantitative estimate of drug-likeness (QED) is 0.240. The number of alkyl halides is 6. The maximum absolute atomic E-state index is 12.2. The Kier molecular flexibility index (Phi) is 12.1. The van der Waals surface area contributed by atoms with E-state index in [1.807, 2.05) is 24.3 Å². The fourth-order valence-corrected chi connectivity index (χ4v) is 2.85. The second kappa shape index (κ2) is 14.0. The van der Waals surface area contributed by atoms with E-state index in [0.29, 0.717) is 24.2 Å². The highest BCUT2D eigenvalue weighted by Crippen LogP contribution is 2.35. The third-order valence-electron chi connectivity index (χ3n) is 4.18. The average Bonchev–Trinajstić information content (AvgIpc) is 2.80. The molecule has 0 radical (unpaired) electrons. The minimum Gasteiger partial charge on any atom is -0.478 e. The zero-order chi connectivity index (χ0) is 27.5. The van der Waals surface area contributed by atoms with Gasteiger partial charge in [0.1, 0.15) is 6.29 Å². The van der Waals surface area contributed by atoms with Crippen molar-refractivity contribution >= 4 is 39.8 Å². The number of nitrogens with two attached hydrogens (primary N) is 1. The van der Waals surface area contributed by atoms with Gasteiger partial charge in [0.2, 0.25) is 0 Å². The van der Waals surface area contributed by atoms with Crippen LogP contribution < -0.4 is 5.73 Å². The summed E-state index contributed by atoms with van der Waals surface area (Å²) < 4.78 is 74.0. The van der Waals surface area contributed by atoms with Crippen molar-refractivity contribution in [1.82, 2.24) is 0 Å². The number of hydrogen-bond donors (Lipinski definition) is 2. The van der Waals surface area contributed by atoms with Gasteiger partial charge in [-0.05, 0) is 73.1 Å². The van der Waals surface area contributed by atoms with Crippen LogP contribution in [0.15, 0.2) is 71.2 Å². The van der Waals surface area contributed by atoms with Gasteiger partial charge < -0.3 is 10.8 Å². The smallest absolute Gasteiger partial charge is 0.416 e. The van der Waals surface area contributed by atoms with E-state index >= 15 is 0 Å². The van der Waals surface area contributed by atoms with Gasteiger partial charge in [0.15, 0.2) is 0 Å². The Labute approximate surface area is 215 Å². The van der Waals surface area contributed by atoms with Crippen molar-refractivity contribution in [3.05, 3.63) is 104 Å². The molecule has 12 heteroatoms. The molecule has 0 atom stereocenters. The highest BCUT2D eigenvalue weighted by atomic mass is 79.9. The van der Waals surface area contributed by atoms with Crippen LogP contribution in [0.2, 0.25) is 5.02 Å². The Morgan fingerprint density at radius 1 is 0.889 bits per heavy atom. The van der Waals surface area contributed by atoms with Crippen molar-refractivity contribution < 1.29 is 41.0 Å². The second-order valence-corrected chi connectivity index (χ2v) is 8.29. The van der Waals surface area contributed by atoms with Crippen LogP contribution >= 0.6 is 27.5 Å². The number of carbonyl (C=O) groups excluding carboxylic acids is 1. The van der Waals surface area contributed by atoms with Gasteiger partial charge in [0, 0.05) is 15.1 Å². The summed E-state index contributed by atoms with van der Waals surface area (Å²) in [6.07, 6.45) is -8.97. The minimum atomic E-state index is -4.92. The van der Waals surface area contributed by atoms with Crippen molar-refractivity contribution in [1.29, 1.82) is 0 Å². The van der Waals surface area contributed by atoms with Crippen LogP contribution in [-0.2, 0) is 18.8 Å². The average molecular weight is 599 g/mol. The topological polar surface area (TPSA) is 80.4 Å². The van der Waals surface area contributed by atoms with E-state index in [-0.39, 0.29) is 12.4 Å². The summed E-state index contributed by atoms with van der Waals surface area (Å²) in [7, 11) is 0. The lowest BCUT2D eigenvalue weighted by atomic mass is 10.1. The standard InChI is InChI=1S/C9H4F6O.C8H10ClN.C7H5BrO2/c10-8(11,12)6-1-5(4-16)2-7(3-6)9(13,14)15;9-8-3-1-7(2-4-8)5-6-10;8-6-3-1-5(2-4-6)7(9)10/h1-4H;1-4H,5-6,10H2;1-4H,(H,9,10). The first-order valence-electron chi connectivity index (χ1n) is 9.85. The monoisotopic (exact) mass is 597 g/mol. The van der Waals surface area contributed by atoms with E-state index in [0.717, 1.165) is 15.9 Å². The molecule has 0 aliphatic heterocycles. The molecule has 0 fully saturated rings. The molecule has 4 nitrogen and oxygen atoms in total. The zero-order valence-corrected chi connectivity index (χ0v) is 20.5. The minimum absolute atomic E-state index is 0.0347. The largest absolute Gasteiger partial charge is 0.478 e. The number of aldehydes is 1. The molecule has 0 aromatic heterocycles. The van der Waals surface area contributed by atoms with E-state index in [1.165, 1.54) is 5.56 Å². The molecule has 36 heavy (non-hydrogen) atoms. The molecular formula is C24H19BrClF6NO3. The molecule has 0 saturated carbocycles. The molecule has 0 spiro atoms. The molecule has 0 amide bonds. The molecule has 0 heterocycles. The number of carboxylic acids is 1. The molecule has 0 unspecified atom stereocenters. The van der Waals surface area contributed by atoms with Crippen LogP contribution in [0.5, 0.6) is 0 Å². The molecule has 0 aliphatic carbocycles. The maximum atomic E-state index is 12.2. The molecule has 194 valence electrons. The van der Waals surface area contributed by atoms with Crippen molar-refractivity contribution in [3.63, 3.8) is 0 Å². The lowest BCUT2D eigenvalue weighted by Gasteiger charge is -2.12.